The van der Waals surface area contributed by atoms with Crippen LogP contribution < -0.4 is 0 Å². The minimum absolute atomic E-state index is 0.0255. The van der Waals surface area contributed by atoms with Crippen molar-refractivity contribution in [1.29, 1.82) is 0 Å². The third-order valence-electron chi connectivity index (χ3n) is 3.93. The first-order chi connectivity index (χ1) is 16.5. The second kappa shape index (κ2) is 26.5. The van der Waals surface area contributed by atoms with Crippen LogP contribution >= 0.6 is 0 Å². The van der Waals surface area contributed by atoms with Gasteiger partial charge in [-0.1, -0.05) is 6.07 Å². The maximum Gasteiger partial charge on any atom is 0.305 e. The van der Waals surface area contributed by atoms with Gasteiger partial charge in [0.2, 0.25) is 12.2 Å². The van der Waals surface area contributed by atoms with E-state index in [0.717, 1.165) is 32.1 Å². The van der Waals surface area contributed by atoms with E-state index in [9.17, 15) is 14.4 Å². The van der Waals surface area contributed by atoms with Crippen molar-refractivity contribution in [3.05, 3.63) is 23.8 Å². The largest absolute Gasteiger partial charge is 0.466 e. The molecule has 0 bridgehead atoms. The van der Waals surface area contributed by atoms with Gasteiger partial charge in [-0.05, 0) is 51.2 Å². The van der Waals surface area contributed by atoms with Gasteiger partial charge in [0.1, 0.15) is 0 Å². The number of rotatable bonds is 9. The molecule has 0 radical (unpaired) electrons. The lowest BCUT2D eigenvalue weighted by Crippen LogP contribution is -2.03. The van der Waals surface area contributed by atoms with E-state index in [1.165, 1.54) is 12.2 Å². The van der Waals surface area contributed by atoms with Crippen molar-refractivity contribution in [2.45, 2.75) is 45.4 Å². The number of benzene rings is 1. The van der Waals surface area contributed by atoms with Gasteiger partial charge >= 0.3 is 5.97 Å². The molecule has 0 spiro atoms. The van der Waals surface area contributed by atoms with Gasteiger partial charge in [-0.3, -0.25) is 4.79 Å². The number of carbonyl (C=O) groups is 1. The molecule has 0 aliphatic carbocycles. The molecule has 11 nitrogen and oxygen atoms in total. The molecule has 11 heteroatoms. The van der Waals surface area contributed by atoms with Crippen LogP contribution in [0, 0.1) is 6.92 Å². The summed E-state index contributed by atoms with van der Waals surface area (Å²) in [6, 6.07) is 4.94. The molecule has 1 heterocycles. The summed E-state index contributed by atoms with van der Waals surface area (Å²) in [4.78, 5) is 37.4. The van der Waals surface area contributed by atoms with Crippen molar-refractivity contribution >= 4 is 29.5 Å². The number of nitrogens with zero attached hydrogens (tertiary/aromatic N) is 2. The molecule has 1 aromatic carbocycles. The molecule has 4 N–H and O–H groups in total. The van der Waals surface area contributed by atoms with E-state index < -0.39 is 0 Å². The Morgan fingerprint density at radius 3 is 1.85 bits per heavy atom. The van der Waals surface area contributed by atoms with Crippen LogP contribution in [0.25, 0.3) is 0 Å². The monoisotopic (exact) mass is 484 g/mol. The Bertz CT molecular complexity index is 677. The van der Waals surface area contributed by atoms with Crippen molar-refractivity contribution in [2.24, 2.45) is 9.98 Å². The molecule has 1 fully saturated rings. The molecule has 2 rings (SSSR count). The highest BCUT2D eigenvalue weighted by molar-refractivity contribution is 5.69. The predicted molar refractivity (Wildman–Crippen MR) is 125 cm³/mol. The van der Waals surface area contributed by atoms with E-state index >= 15 is 0 Å². The number of cyclic esters (lactones) is 1. The van der Waals surface area contributed by atoms with E-state index in [1.54, 1.807) is 25.1 Å². The molecule has 34 heavy (non-hydrogen) atoms. The zero-order valence-corrected chi connectivity index (χ0v) is 19.6. The lowest BCUT2D eigenvalue weighted by Gasteiger charge is -1.99. The molecule has 192 valence electrons. The fraction of sp³-hybridized carbons (Fsp3) is 0.609. The van der Waals surface area contributed by atoms with Crippen molar-refractivity contribution in [1.82, 2.24) is 0 Å². The quantitative estimate of drug-likeness (QED) is 0.176. The summed E-state index contributed by atoms with van der Waals surface area (Å²) < 4.78 is 9.40. The highest BCUT2D eigenvalue weighted by Crippen LogP contribution is 2.26. The Morgan fingerprint density at radius 1 is 0.882 bits per heavy atom. The van der Waals surface area contributed by atoms with Crippen LogP contribution in [0.4, 0.5) is 11.4 Å². The van der Waals surface area contributed by atoms with Gasteiger partial charge < -0.3 is 29.9 Å². The summed E-state index contributed by atoms with van der Waals surface area (Å²) in [5.74, 6) is -0.0255. The molecule has 0 unspecified atom stereocenters. The average molecular weight is 485 g/mol. The highest BCUT2D eigenvalue weighted by Gasteiger charge is 2.05. The summed E-state index contributed by atoms with van der Waals surface area (Å²) >= 11 is 0. The standard InChI is InChI=1S/C9H6N2O2.C6H10O2.C4H10O3.C4H10O2/c1-7-8(10-5-12)3-2-4-9(7)11-6-13;7-6-4-2-1-3-5-8-6;5-1-3-7-4-2-6;5-3-1-2-4-6/h2-4H,1H3;1-5H2;5-6H,1-4H2;5-6H,1-4H2. The zero-order valence-electron chi connectivity index (χ0n) is 19.6. The molecule has 0 aromatic heterocycles. The molecule has 1 aliphatic rings. The van der Waals surface area contributed by atoms with E-state index in [4.69, 9.17) is 25.2 Å². The fourth-order valence-corrected chi connectivity index (χ4v) is 2.21. The number of carbonyl (C=O) groups excluding carboxylic acids is 3. The second-order valence-electron chi connectivity index (χ2n) is 6.57. The van der Waals surface area contributed by atoms with Gasteiger partial charge in [0.25, 0.3) is 0 Å². The van der Waals surface area contributed by atoms with Gasteiger partial charge in [-0.2, -0.15) is 9.98 Å². The number of aliphatic hydroxyl groups is 4. The first-order valence-corrected chi connectivity index (χ1v) is 10.9. The van der Waals surface area contributed by atoms with Crippen LogP contribution in [0.1, 0.15) is 44.1 Å². The van der Waals surface area contributed by atoms with Gasteiger partial charge in [-0.25, -0.2) is 9.59 Å². The van der Waals surface area contributed by atoms with Crippen molar-refractivity contribution in [3.63, 3.8) is 0 Å². The number of hydrogen-bond acceptors (Lipinski definition) is 11. The average Bonchev–Trinajstić information content (AvgIpc) is 3.09. The van der Waals surface area contributed by atoms with Crippen LogP contribution in [0.15, 0.2) is 28.2 Å². The maximum absolute atomic E-state index is 10.5. The van der Waals surface area contributed by atoms with Gasteiger partial charge in [-0.15, -0.1) is 0 Å². The lowest BCUT2D eigenvalue weighted by molar-refractivity contribution is -0.142. The lowest BCUT2D eigenvalue weighted by atomic mass is 10.1. The van der Waals surface area contributed by atoms with Crippen LogP contribution in [-0.2, 0) is 23.9 Å². The molecule has 1 saturated heterocycles. The third kappa shape index (κ3) is 21.1. The zero-order chi connectivity index (χ0) is 25.9. The third-order valence-corrected chi connectivity index (χ3v) is 3.93. The summed E-state index contributed by atoms with van der Waals surface area (Å²) in [5, 5.41) is 32.3. The Balaban J connectivity index is 0. The van der Waals surface area contributed by atoms with Crippen molar-refractivity contribution < 1.29 is 44.3 Å². The first-order valence-electron chi connectivity index (χ1n) is 10.9. The normalized spacial score (nSPS) is 11.9. The van der Waals surface area contributed by atoms with Crippen LogP contribution in [0.5, 0.6) is 0 Å². The number of isocyanates is 2. The number of esters is 1. The Kier molecular flexibility index (Phi) is 26.1. The topological polar surface area (TPSA) is 175 Å². The van der Waals surface area contributed by atoms with E-state index in [-0.39, 0.29) is 32.4 Å². The molecule has 1 aliphatic heterocycles. The fourth-order valence-electron chi connectivity index (χ4n) is 2.21. The number of ether oxygens (including phenoxy) is 2. The Hall–Kier alpha value is -2.75. The van der Waals surface area contributed by atoms with Gasteiger partial charge in [0.15, 0.2) is 0 Å². The highest BCUT2D eigenvalue weighted by atomic mass is 16.5. The predicted octanol–water partition coefficient (Wildman–Crippen LogP) is 1.77. The van der Waals surface area contributed by atoms with E-state index in [2.05, 4.69) is 14.7 Å². The first kappa shape index (κ1) is 33.4. The number of aliphatic hydroxyl groups excluding tert-OH is 4. The summed E-state index contributed by atoms with van der Waals surface area (Å²) in [7, 11) is 0. The van der Waals surface area contributed by atoms with Gasteiger partial charge in [0.05, 0.1) is 44.4 Å². The Morgan fingerprint density at radius 2 is 1.41 bits per heavy atom. The summed E-state index contributed by atoms with van der Waals surface area (Å²) in [6.45, 7) is 3.44. The maximum atomic E-state index is 10.5. The molecular formula is C23H36N2O9. The molecule has 0 atom stereocenters. The number of hydrogen-bond donors (Lipinski definition) is 4. The minimum Gasteiger partial charge on any atom is -0.466 e. The van der Waals surface area contributed by atoms with Crippen LogP contribution in [0.2, 0.25) is 0 Å². The van der Waals surface area contributed by atoms with E-state index in [1.807, 2.05) is 0 Å². The number of aliphatic imine (C=N–C) groups is 2. The van der Waals surface area contributed by atoms with Crippen molar-refractivity contribution in [2.75, 3.05) is 46.2 Å². The molecule has 0 saturated carbocycles. The molecule has 1 aromatic rings. The Labute approximate surface area is 199 Å². The summed E-state index contributed by atoms with van der Waals surface area (Å²) in [6.07, 6.45) is 8.13. The number of unbranched alkanes of at least 4 members (excludes halogenated alkanes) is 1. The second-order valence-corrected chi connectivity index (χ2v) is 6.57. The molecular weight excluding hydrogens is 448 g/mol. The summed E-state index contributed by atoms with van der Waals surface area (Å²) in [5.41, 5.74) is 1.59. The van der Waals surface area contributed by atoms with Crippen molar-refractivity contribution in [3.8, 4) is 0 Å². The SMILES string of the molecule is Cc1c(N=C=O)cccc1N=C=O.O=C1CCCCCO1.OCCCCO.OCCOCCO. The van der Waals surface area contributed by atoms with Crippen LogP contribution in [0.3, 0.4) is 0 Å². The smallest absolute Gasteiger partial charge is 0.305 e. The van der Waals surface area contributed by atoms with E-state index in [0.29, 0.717) is 43.2 Å². The molecule has 0 amide bonds. The van der Waals surface area contributed by atoms with Crippen LogP contribution in [-0.4, -0.2) is 84.8 Å². The van der Waals surface area contributed by atoms with Gasteiger partial charge in [0, 0.05) is 25.2 Å². The minimum atomic E-state index is -0.0255.